The highest BCUT2D eigenvalue weighted by atomic mass is 16.5. The number of hydrogen-bond acceptors (Lipinski definition) is 2. The van der Waals surface area contributed by atoms with Gasteiger partial charge in [0, 0.05) is 5.69 Å². The van der Waals surface area contributed by atoms with Crippen LogP contribution in [0.3, 0.4) is 0 Å². The molecular formula is C21H21NO. The van der Waals surface area contributed by atoms with Crippen LogP contribution in [0.15, 0.2) is 91.5 Å². The van der Waals surface area contributed by atoms with E-state index in [9.17, 15) is 0 Å². The number of para-hydroxylation sites is 1. The van der Waals surface area contributed by atoms with E-state index >= 15 is 0 Å². The zero-order valence-corrected chi connectivity index (χ0v) is 13.3. The Balaban J connectivity index is 0.000000229. The van der Waals surface area contributed by atoms with Gasteiger partial charge in [-0.1, -0.05) is 67.2 Å². The van der Waals surface area contributed by atoms with E-state index in [0.29, 0.717) is 0 Å². The van der Waals surface area contributed by atoms with Gasteiger partial charge in [0.2, 0.25) is 0 Å². The lowest BCUT2D eigenvalue weighted by atomic mass is 10.00. The summed E-state index contributed by atoms with van der Waals surface area (Å²) in [5.74, 6) is 0.865. The first-order valence-corrected chi connectivity index (χ1v) is 7.40. The zero-order valence-electron chi connectivity index (χ0n) is 13.3. The number of benzene rings is 3. The van der Waals surface area contributed by atoms with Gasteiger partial charge in [0.15, 0.2) is 0 Å². The molecule has 0 aliphatic heterocycles. The number of nitrogens with two attached hydrogens (primary N) is 1. The van der Waals surface area contributed by atoms with Crippen LogP contribution in [-0.4, -0.2) is 7.11 Å². The molecule has 0 radical (unpaired) electrons. The summed E-state index contributed by atoms with van der Waals surface area (Å²) in [4.78, 5) is 0. The Bertz CT molecular complexity index is 719. The van der Waals surface area contributed by atoms with Gasteiger partial charge in [-0.15, -0.1) is 0 Å². The number of ether oxygens (including phenoxy) is 1. The number of methoxy groups -OCH3 is 1. The lowest BCUT2D eigenvalue weighted by Crippen LogP contribution is -1.87. The van der Waals surface area contributed by atoms with Crippen LogP contribution in [0.5, 0.6) is 5.75 Å². The van der Waals surface area contributed by atoms with E-state index in [0.717, 1.165) is 28.1 Å². The molecule has 0 atom stereocenters. The summed E-state index contributed by atoms with van der Waals surface area (Å²) in [7, 11) is 1.67. The monoisotopic (exact) mass is 303 g/mol. The van der Waals surface area contributed by atoms with Gasteiger partial charge in [0.1, 0.15) is 5.75 Å². The highest BCUT2D eigenvalue weighted by Crippen LogP contribution is 2.23. The molecule has 3 aromatic carbocycles. The predicted octanol–water partition coefficient (Wildman–Crippen LogP) is 5.03. The maximum atomic E-state index is 5.36. The fraction of sp³-hybridized carbons (Fsp3) is 0.0476. The maximum Gasteiger partial charge on any atom is 0.118 e. The summed E-state index contributed by atoms with van der Waals surface area (Å²) in [5, 5.41) is 0. The van der Waals surface area contributed by atoms with Crippen LogP contribution in [-0.2, 0) is 0 Å². The number of nitrogen functional groups attached to an aromatic ring is 1. The zero-order chi connectivity index (χ0) is 16.5. The van der Waals surface area contributed by atoms with E-state index in [4.69, 9.17) is 10.5 Å². The van der Waals surface area contributed by atoms with Crippen molar-refractivity contribution in [1.29, 1.82) is 0 Å². The van der Waals surface area contributed by atoms with Crippen molar-refractivity contribution in [2.24, 2.45) is 0 Å². The van der Waals surface area contributed by atoms with Crippen molar-refractivity contribution >= 4 is 11.3 Å². The lowest BCUT2D eigenvalue weighted by Gasteiger charge is -2.07. The second kappa shape index (κ2) is 8.44. The van der Waals surface area contributed by atoms with Gasteiger partial charge < -0.3 is 10.5 Å². The Morgan fingerprint density at radius 3 is 1.65 bits per heavy atom. The van der Waals surface area contributed by atoms with Gasteiger partial charge in [-0.05, 0) is 41.0 Å². The van der Waals surface area contributed by atoms with Crippen molar-refractivity contribution in [2.75, 3.05) is 12.8 Å². The third kappa shape index (κ3) is 5.04. The second-order valence-electron chi connectivity index (χ2n) is 4.98. The molecule has 0 fully saturated rings. The van der Waals surface area contributed by atoms with E-state index in [-0.39, 0.29) is 0 Å². The molecular weight excluding hydrogens is 282 g/mol. The molecule has 2 heteroatoms. The second-order valence-corrected chi connectivity index (χ2v) is 4.98. The number of hydrogen-bond donors (Lipinski definition) is 1. The first kappa shape index (κ1) is 16.4. The molecule has 0 aliphatic rings. The largest absolute Gasteiger partial charge is 0.497 e. The SMILES string of the molecule is C=C(c1ccccc1)c1ccc(OC)cc1.Nc1ccccc1. The molecule has 0 amide bonds. The fourth-order valence-electron chi connectivity index (χ4n) is 2.05. The Morgan fingerprint density at radius 1 is 0.739 bits per heavy atom. The van der Waals surface area contributed by atoms with Gasteiger partial charge in [0.25, 0.3) is 0 Å². The van der Waals surface area contributed by atoms with Gasteiger partial charge >= 0.3 is 0 Å². The molecule has 0 bridgehead atoms. The highest BCUT2D eigenvalue weighted by molar-refractivity contribution is 5.78. The Hall–Kier alpha value is -3.00. The van der Waals surface area contributed by atoms with Crippen molar-refractivity contribution in [3.63, 3.8) is 0 Å². The minimum absolute atomic E-state index is 0.822. The first-order valence-electron chi connectivity index (χ1n) is 7.40. The standard InChI is InChI=1S/C15H14O.C6H7N/c1-12(13-6-4-3-5-7-13)14-8-10-15(16-2)11-9-14;7-6-4-2-1-3-5-6/h3-11H,1H2,2H3;1-5H,7H2. The van der Waals surface area contributed by atoms with Crippen LogP contribution in [0.4, 0.5) is 5.69 Å². The molecule has 0 saturated carbocycles. The third-order valence-corrected chi connectivity index (χ3v) is 3.36. The molecule has 0 spiro atoms. The molecule has 3 rings (SSSR count). The molecule has 116 valence electrons. The molecule has 0 aromatic heterocycles. The third-order valence-electron chi connectivity index (χ3n) is 3.36. The quantitative estimate of drug-likeness (QED) is 0.689. The normalized spacial score (nSPS) is 9.43. The summed E-state index contributed by atoms with van der Waals surface area (Å²) < 4.78 is 5.12. The molecule has 2 nitrogen and oxygen atoms in total. The van der Waals surface area contributed by atoms with Gasteiger partial charge in [-0.3, -0.25) is 0 Å². The summed E-state index contributed by atoms with van der Waals surface area (Å²) in [6, 6.07) is 27.6. The minimum Gasteiger partial charge on any atom is -0.497 e. The van der Waals surface area contributed by atoms with Crippen LogP contribution < -0.4 is 10.5 Å². The molecule has 0 aliphatic carbocycles. The van der Waals surface area contributed by atoms with E-state index in [2.05, 4.69) is 18.7 Å². The van der Waals surface area contributed by atoms with Crippen LogP contribution >= 0.6 is 0 Å². The van der Waals surface area contributed by atoms with E-state index < -0.39 is 0 Å². The van der Waals surface area contributed by atoms with E-state index in [1.165, 1.54) is 0 Å². The summed E-state index contributed by atoms with van der Waals surface area (Å²) in [6.45, 7) is 4.11. The van der Waals surface area contributed by atoms with Gasteiger partial charge in [-0.2, -0.15) is 0 Å². The van der Waals surface area contributed by atoms with Gasteiger partial charge in [0.05, 0.1) is 7.11 Å². The Morgan fingerprint density at radius 2 is 1.22 bits per heavy atom. The lowest BCUT2D eigenvalue weighted by molar-refractivity contribution is 0.415. The van der Waals surface area contributed by atoms with Crippen LogP contribution in [0.2, 0.25) is 0 Å². The Kier molecular flexibility index (Phi) is 6.01. The molecule has 0 saturated heterocycles. The molecule has 23 heavy (non-hydrogen) atoms. The predicted molar refractivity (Wildman–Crippen MR) is 98.4 cm³/mol. The molecule has 0 heterocycles. The van der Waals surface area contributed by atoms with E-state index in [1.54, 1.807) is 7.11 Å². The number of rotatable bonds is 3. The van der Waals surface area contributed by atoms with Crippen molar-refractivity contribution < 1.29 is 4.74 Å². The van der Waals surface area contributed by atoms with Crippen molar-refractivity contribution in [2.45, 2.75) is 0 Å². The smallest absolute Gasteiger partial charge is 0.118 e. The van der Waals surface area contributed by atoms with Crippen molar-refractivity contribution in [1.82, 2.24) is 0 Å². The van der Waals surface area contributed by atoms with Crippen molar-refractivity contribution in [3.05, 3.63) is 103 Å². The summed E-state index contributed by atoms with van der Waals surface area (Å²) in [5.41, 5.74) is 9.47. The van der Waals surface area contributed by atoms with Crippen LogP contribution in [0.25, 0.3) is 5.57 Å². The molecule has 3 aromatic rings. The van der Waals surface area contributed by atoms with Crippen molar-refractivity contribution in [3.8, 4) is 5.75 Å². The fourth-order valence-corrected chi connectivity index (χ4v) is 2.05. The first-order chi connectivity index (χ1) is 11.2. The Labute approximate surface area is 137 Å². The summed E-state index contributed by atoms with van der Waals surface area (Å²) in [6.07, 6.45) is 0. The average Bonchev–Trinajstić information content (AvgIpc) is 2.63. The van der Waals surface area contributed by atoms with Gasteiger partial charge in [-0.25, -0.2) is 0 Å². The van der Waals surface area contributed by atoms with Crippen LogP contribution in [0.1, 0.15) is 11.1 Å². The minimum atomic E-state index is 0.822. The molecule has 0 unspecified atom stereocenters. The highest BCUT2D eigenvalue weighted by Gasteiger charge is 2.01. The molecule has 2 N–H and O–H groups in total. The maximum absolute atomic E-state index is 5.36. The topological polar surface area (TPSA) is 35.2 Å². The van der Waals surface area contributed by atoms with Crippen LogP contribution in [0, 0.1) is 0 Å². The summed E-state index contributed by atoms with van der Waals surface area (Å²) >= 11 is 0. The average molecular weight is 303 g/mol. The number of anilines is 1. The van der Waals surface area contributed by atoms with E-state index in [1.807, 2.05) is 72.8 Å².